The molecule has 0 spiro atoms. The third-order valence-corrected chi connectivity index (χ3v) is 18.1. The molecule has 11 rings (SSSR count). The third-order valence-electron chi connectivity index (χ3n) is 13.3. The van der Waals surface area contributed by atoms with E-state index in [0.29, 0.717) is 61.8 Å². The fraction of sp³-hybridized carbons (Fsp3) is 0.0435. The van der Waals surface area contributed by atoms with Crippen LogP contribution < -0.4 is 24.2 Å². The van der Waals surface area contributed by atoms with Gasteiger partial charge in [-0.2, -0.15) is 0 Å². The lowest BCUT2D eigenvalue weighted by Crippen LogP contribution is -2.16. The average Bonchev–Trinajstić information content (AvgIpc) is 1.24. The van der Waals surface area contributed by atoms with Crippen LogP contribution >= 0.6 is 34.8 Å². The van der Waals surface area contributed by atoms with Gasteiger partial charge < -0.3 is 10.1 Å². The lowest BCUT2D eigenvalue weighted by molar-refractivity contribution is -0.114. The Balaban J connectivity index is 0.000000161. The van der Waals surface area contributed by atoms with E-state index in [-0.39, 0.29) is 71.7 Å². The fourth-order valence-electron chi connectivity index (χ4n) is 8.86. The van der Waals surface area contributed by atoms with Crippen molar-refractivity contribution >= 4 is 111 Å². The molecule has 1 aliphatic heterocycles. The smallest absolute Gasteiger partial charge is 0.261 e. The second-order valence-electron chi connectivity index (χ2n) is 19.7. The molecule has 1 aliphatic rings. The number of halogens is 3. The molecule has 0 atom stereocenters. The Kier molecular flexibility index (Phi) is 20.8. The highest BCUT2D eigenvalue weighted by molar-refractivity contribution is 7.93. The zero-order valence-electron chi connectivity index (χ0n) is 47.4. The summed E-state index contributed by atoms with van der Waals surface area (Å²) in [5.74, 6) is 5.48. The Morgan fingerprint density at radius 1 is 0.400 bits per heavy atom. The summed E-state index contributed by atoms with van der Waals surface area (Å²) in [5.41, 5.74) is 5.11. The van der Waals surface area contributed by atoms with Gasteiger partial charge in [-0.25, -0.2) is 25.3 Å². The summed E-state index contributed by atoms with van der Waals surface area (Å²) < 4.78 is 90.3. The van der Waals surface area contributed by atoms with Crippen molar-refractivity contribution in [2.45, 2.75) is 28.0 Å². The third kappa shape index (κ3) is 16.9. The highest BCUT2D eigenvalue weighted by Crippen LogP contribution is 2.32. The number of rotatable bonds is 16. The average molecular weight is 1310 g/mol. The summed E-state index contributed by atoms with van der Waals surface area (Å²) in [6, 6.07) is 65.2. The molecule has 0 aromatic heterocycles. The number of carbonyl (C=O) groups excluding carboxylic acids is 4. The maximum Gasteiger partial charge on any atom is 0.261 e. The van der Waals surface area contributed by atoms with Gasteiger partial charge in [-0.1, -0.05) is 156 Å². The van der Waals surface area contributed by atoms with Crippen molar-refractivity contribution in [3.63, 3.8) is 0 Å². The fourth-order valence-corrected chi connectivity index (χ4v) is 12.7. The monoisotopic (exact) mass is 1310 g/mol. The molecule has 10 aromatic rings. The molecule has 0 unspecified atom stereocenters. The quantitative estimate of drug-likeness (QED) is 0.0525. The molecule has 15 nitrogen and oxygen atoms in total. The van der Waals surface area contributed by atoms with Crippen LogP contribution in [-0.2, 0) is 41.3 Å². The van der Waals surface area contributed by atoms with E-state index in [4.69, 9.17) is 39.5 Å². The van der Waals surface area contributed by atoms with E-state index < -0.39 is 30.1 Å². The van der Waals surface area contributed by atoms with Crippen molar-refractivity contribution < 1.29 is 49.2 Å². The minimum Gasteiger partial charge on any atom is -0.493 e. The molecule has 0 aliphatic carbocycles. The highest BCUT2D eigenvalue weighted by atomic mass is 35.5. The first-order valence-electron chi connectivity index (χ1n) is 27.2. The Morgan fingerprint density at radius 2 is 0.744 bits per heavy atom. The maximum absolute atomic E-state index is 13.0. The molecule has 0 radical (unpaired) electrons. The van der Waals surface area contributed by atoms with Gasteiger partial charge in [-0.15, -0.1) is 0 Å². The van der Waals surface area contributed by atoms with Gasteiger partial charge in [-0.3, -0.25) is 33.3 Å². The minimum absolute atomic E-state index is 0.0142. The first kappa shape index (κ1) is 64.6. The molecule has 90 heavy (non-hydrogen) atoms. The standard InChI is InChI=1S/C27H18ClNO3S.C21H17ClN2O4S.C21H16ClNO4S/c28-23-15-18-26(25(19-23)27(30)22-9-5-2-6-10-22)29-33(31,32)24-16-13-21(14-17-24)12-11-20-7-3-1-4-8-20;1-14(25)23-17-8-10-18(11-9-17)29(27,28)24-20-12-7-16(22)13-19(20)21(26)15-5-3-2-4-6-15;22-16-6-8-19(18(13-16)21(24)14-4-2-1-3-5-14)23-28(25,26)17-7-9-20-15(12-17)10-11-27-20/h1-10,13-19,29H;2-13,24H,1H3,(H,23,25);1-9,12-13,23H,10-11H2. The number of ketones is 3. The van der Waals surface area contributed by atoms with E-state index in [1.165, 1.54) is 104 Å². The van der Waals surface area contributed by atoms with Gasteiger partial charge in [0.1, 0.15) is 5.75 Å². The first-order chi connectivity index (χ1) is 43.1. The summed E-state index contributed by atoms with van der Waals surface area (Å²) in [5, 5.41) is 3.56. The van der Waals surface area contributed by atoms with Gasteiger partial charge in [-0.05, 0) is 139 Å². The van der Waals surface area contributed by atoms with E-state index in [1.54, 1.807) is 115 Å². The maximum atomic E-state index is 13.0. The number of carbonyl (C=O) groups is 4. The van der Waals surface area contributed by atoms with Crippen molar-refractivity contribution in [2.75, 3.05) is 26.1 Å². The molecular weight excluding hydrogens is 1260 g/mol. The van der Waals surface area contributed by atoms with Crippen LogP contribution in [-0.4, -0.2) is 55.1 Å². The second-order valence-corrected chi connectivity index (χ2v) is 26.0. The number of hydrogen-bond donors (Lipinski definition) is 4. The molecule has 452 valence electrons. The number of anilines is 4. The summed E-state index contributed by atoms with van der Waals surface area (Å²) >= 11 is 18.2. The van der Waals surface area contributed by atoms with Crippen LogP contribution in [0.15, 0.2) is 257 Å². The van der Waals surface area contributed by atoms with Gasteiger partial charge >= 0.3 is 0 Å². The van der Waals surface area contributed by atoms with Crippen molar-refractivity contribution in [3.8, 4) is 17.6 Å². The van der Waals surface area contributed by atoms with Crippen LogP contribution in [0.3, 0.4) is 0 Å². The molecular formula is C69H51Cl3N4O11S3. The second kappa shape index (κ2) is 29.0. The van der Waals surface area contributed by atoms with Gasteiger partial charge in [0, 0.05) is 78.6 Å². The van der Waals surface area contributed by atoms with E-state index in [2.05, 4.69) is 31.3 Å². The molecule has 21 heteroatoms. The first-order valence-corrected chi connectivity index (χ1v) is 32.8. The normalized spacial score (nSPS) is 11.5. The van der Waals surface area contributed by atoms with Crippen molar-refractivity contribution in [2.24, 2.45) is 0 Å². The summed E-state index contributed by atoms with van der Waals surface area (Å²) in [6.45, 7) is 1.90. The lowest BCUT2D eigenvalue weighted by Gasteiger charge is -2.13. The van der Waals surface area contributed by atoms with Crippen LogP contribution in [0.4, 0.5) is 22.7 Å². The number of fused-ring (bicyclic) bond motifs is 1. The molecule has 0 fully saturated rings. The SMILES string of the molecule is CC(=O)Nc1ccc(S(=O)(=O)Nc2ccc(Cl)cc2C(=O)c2ccccc2)cc1.O=C(c1ccccc1)c1cc(Cl)ccc1NS(=O)(=O)c1ccc(C#Cc2ccccc2)cc1.O=C(c1ccccc1)c1cc(Cl)ccc1NS(=O)(=O)c1ccc2c(c1)CCO2. The molecule has 0 saturated heterocycles. The summed E-state index contributed by atoms with van der Waals surface area (Å²) in [4.78, 5) is 50.0. The molecule has 1 heterocycles. The number of hydrogen-bond acceptors (Lipinski definition) is 11. The number of amides is 1. The van der Waals surface area contributed by atoms with Crippen LogP contribution in [0.1, 0.15) is 71.4 Å². The van der Waals surface area contributed by atoms with Gasteiger partial charge in [0.25, 0.3) is 30.1 Å². The lowest BCUT2D eigenvalue weighted by atomic mass is 10.0. The van der Waals surface area contributed by atoms with E-state index in [1.807, 2.05) is 30.3 Å². The van der Waals surface area contributed by atoms with Crippen molar-refractivity contribution in [1.82, 2.24) is 0 Å². The predicted octanol–water partition coefficient (Wildman–Crippen LogP) is 14.4. The van der Waals surface area contributed by atoms with E-state index >= 15 is 0 Å². The predicted molar refractivity (Wildman–Crippen MR) is 352 cm³/mol. The van der Waals surface area contributed by atoms with Crippen molar-refractivity contribution in [3.05, 3.63) is 308 Å². The van der Waals surface area contributed by atoms with Gasteiger partial charge in [0.15, 0.2) is 17.3 Å². The zero-order valence-corrected chi connectivity index (χ0v) is 52.1. The molecule has 4 N–H and O–H groups in total. The van der Waals surface area contributed by atoms with Crippen molar-refractivity contribution in [1.29, 1.82) is 0 Å². The van der Waals surface area contributed by atoms with Crippen LogP contribution in [0, 0.1) is 11.8 Å². The molecule has 0 bridgehead atoms. The number of nitrogens with one attached hydrogen (secondary N) is 4. The summed E-state index contributed by atoms with van der Waals surface area (Å²) in [6.07, 6.45) is 0.664. The van der Waals surface area contributed by atoms with E-state index in [0.717, 1.165) is 11.1 Å². The van der Waals surface area contributed by atoms with E-state index in [9.17, 15) is 44.4 Å². The van der Waals surface area contributed by atoms with Gasteiger partial charge in [0.2, 0.25) is 5.91 Å². The Bertz CT molecular complexity index is 4730. The van der Waals surface area contributed by atoms with Crippen LogP contribution in [0.25, 0.3) is 0 Å². The zero-order chi connectivity index (χ0) is 64.0. The Hall–Kier alpha value is -9.84. The highest BCUT2D eigenvalue weighted by Gasteiger charge is 2.25. The van der Waals surface area contributed by atoms with Crippen LogP contribution in [0.5, 0.6) is 5.75 Å². The summed E-state index contributed by atoms with van der Waals surface area (Å²) in [7, 11) is -11.8. The Labute approximate surface area is 535 Å². The molecule has 0 saturated carbocycles. The largest absolute Gasteiger partial charge is 0.493 e. The number of ether oxygens (including phenoxy) is 1. The number of benzene rings is 10. The minimum atomic E-state index is -3.97. The van der Waals surface area contributed by atoms with Gasteiger partial charge in [0.05, 0.1) is 38.4 Å². The topological polar surface area (TPSA) is 228 Å². The van der Waals surface area contributed by atoms with Crippen LogP contribution in [0.2, 0.25) is 15.1 Å². The molecule has 10 aromatic carbocycles. The molecule has 1 amide bonds. The number of sulfonamides is 3. The Morgan fingerprint density at radius 3 is 1.13 bits per heavy atom.